The van der Waals surface area contributed by atoms with Crippen molar-refractivity contribution >= 4 is 38.9 Å². The van der Waals surface area contributed by atoms with Gasteiger partial charge in [0.1, 0.15) is 35.4 Å². The van der Waals surface area contributed by atoms with Gasteiger partial charge in [0, 0.05) is 84.6 Å². The molecule has 0 bridgehead atoms. The topological polar surface area (TPSA) is 134 Å². The monoisotopic (exact) mass is 802 g/mol. The largest absolute Gasteiger partial charge is 0.458 e. The Morgan fingerprint density at radius 2 is 1.73 bits per heavy atom. The highest BCUT2D eigenvalue weighted by Crippen LogP contribution is 2.37. The molecule has 0 saturated carbocycles. The van der Waals surface area contributed by atoms with E-state index in [1.54, 1.807) is 30.2 Å². The second-order valence-electron chi connectivity index (χ2n) is 18.0. The molecule has 6 rings (SSSR count). The number of rotatable bonds is 16. The Morgan fingerprint density at radius 3 is 2.45 bits per heavy atom. The number of hydrogen-bond donors (Lipinski definition) is 1. The first kappa shape index (κ1) is 41.7. The molecule has 0 radical (unpaired) electrons. The molecule has 0 aliphatic carbocycles. The number of fused-ring (bicyclic) bond motifs is 1. The molecule has 16 heteroatoms. The van der Waals surface area contributed by atoms with Crippen LogP contribution in [0.15, 0.2) is 52.1 Å². The molecule has 1 atom stereocenters. The van der Waals surface area contributed by atoms with Crippen LogP contribution in [0.5, 0.6) is 0 Å². The minimum atomic E-state index is -1.91. The zero-order valence-corrected chi connectivity index (χ0v) is 37.3. The van der Waals surface area contributed by atoms with Crippen molar-refractivity contribution in [3.63, 3.8) is 0 Å². The first-order valence-corrected chi connectivity index (χ1v) is 26.5. The quantitative estimate of drug-likeness (QED) is 0.0789. The van der Waals surface area contributed by atoms with Gasteiger partial charge >= 0.3 is 0 Å². The smallest absolute Gasteiger partial charge is 0.277 e. The average Bonchev–Trinajstić information content (AvgIpc) is 3.82. The van der Waals surface area contributed by atoms with E-state index in [1.165, 1.54) is 4.68 Å². The van der Waals surface area contributed by atoms with Crippen LogP contribution >= 0.6 is 0 Å². The van der Waals surface area contributed by atoms with Crippen LogP contribution < -0.4 is 10.9 Å². The molecule has 1 fully saturated rings. The maximum absolute atomic E-state index is 13.3. The van der Waals surface area contributed by atoms with Gasteiger partial charge in [0.25, 0.3) is 5.56 Å². The fourth-order valence-electron chi connectivity index (χ4n) is 6.34. The van der Waals surface area contributed by atoms with E-state index in [0.717, 1.165) is 73.3 Å². The number of piperazine rings is 1. The Hall–Kier alpha value is -3.94. The van der Waals surface area contributed by atoms with Crippen LogP contribution in [0.1, 0.15) is 45.9 Å². The number of likely N-dealkylation sites (N-methyl/N-ethyl adjacent to an activating group) is 1. The lowest BCUT2D eigenvalue weighted by molar-refractivity contribution is 0.0703. The van der Waals surface area contributed by atoms with Crippen LogP contribution in [0.3, 0.4) is 0 Å². The maximum Gasteiger partial charge on any atom is 0.277 e. The maximum atomic E-state index is 13.3. The standard InChI is InChI=1S/C40H62N10O4Si2/c1-29(15-21-53-56(10,11)40(2,3)4)50-33-24-36(42-25-31(33)37(45-50)34-13-12-30(54-34)26-48-19-17-46(5)18-20-48)43-35-14-16-41-38(44-35)32-27-49(47(6)39(32)51)28-52-22-23-55(7,8)9/h12-14,16,24-25,27,29H,15,17-23,26,28H2,1-11H3,(H,41,42,43,44). The number of nitrogens with zero attached hydrogens (tertiary/aromatic N) is 9. The first-order valence-electron chi connectivity index (χ1n) is 19.9. The molecular formula is C40H62N10O4Si2. The van der Waals surface area contributed by atoms with E-state index in [2.05, 4.69) is 98.3 Å². The van der Waals surface area contributed by atoms with Crippen molar-refractivity contribution in [1.29, 1.82) is 0 Å². The highest BCUT2D eigenvalue weighted by Gasteiger charge is 2.37. The van der Waals surface area contributed by atoms with Crippen LogP contribution in [0.2, 0.25) is 43.8 Å². The van der Waals surface area contributed by atoms with E-state index >= 15 is 0 Å². The van der Waals surface area contributed by atoms with Gasteiger partial charge in [-0.05, 0) is 62.8 Å². The van der Waals surface area contributed by atoms with E-state index in [0.29, 0.717) is 36.2 Å². The molecule has 1 saturated heterocycles. The van der Waals surface area contributed by atoms with Crippen molar-refractivity contribution in [1.82, 2.24) is 43.9 Å². The van der Waals surface area contributed by atoms with Gasteiger partial charge in [-0.15, -0.1) is 0 Å². The van der Waals surface area contributed by atoms with Crippen molar-refractivity contribution in [3.8, 4) is 22.8 Å². The highest BCUT2D eigenvalue weighted by atomic mass is 28.4. The Balaban J connectivity index is 1.25. The molecule has 1 aliphatic heterocycles. The molecule has 14 nitrogen and oxygen atoms in total. The number of aromatic nitrogens is 7. The van der Waals surface area contributed by atoms with E-state index < -0.39 is 16.4 Å². The van der Waals surface area contributed by atoms with Crippen LogP contribution in [0, 0.1) is 0 Å². The van der Waals surface area contributed by atoms with Crippen LogP contribution in [-0.2, 0) is 29.5 Å². The summed E-state index contributed by atoms with van der Waals surface area (Å²) >= 11 is 0. The predicted octanol–water partition coefficient (Wildman–Crippen LogP) is 7.42. The van der Waals surface area contributed by atoms with Crippen molar-refractivity contribution in [2.75, 3.05) is 51.8 Å². The summed E-state index contributed by atoms with van der Waals surface area (Å²) in [5.74, 6) is 3.08. The summed E-state index contributed by atoms with van der Waals surface area (Å²) < 4.78 is 24.3. The third-order valence-corrected chi connectivity index (χ3v) is 17.5. The average molecular weight is 803 g/mol. The molecule has 1 aliphatic rings. The normalized spacial score (nSPS) is 15.6. The first-order chi connectivity index (χ1) is 26.4. The van der Waals surface area contributed by atoms with E-state index in [-0.39, 0.29) is 23.4 Å². The van der Waals surface area contributed by atoms with Crippen LogP contribution in [0.4, 0.5) is 11.6 Å². The Bertz CT molecular complexity index is 2150. The molecule has 6 heterocycles. The Labute approximate surface area is 333 Å². The zero-order valence-electron chi connectivity index (χ0n) is 35.3. The minimum Gasteiger partial charge on any atom is -0.458 e. The minimum absolute atomic E-state index is 0.0384. The summed E-state index contributed by atoms with van der Waals surface area (Å²) in [5.41, 5.74) is 1.89. The van der Waals surface area contributed by atoms with Gasteiger partial charge in [0.2, 0.25) is 0 Å². The Morgan fingerprint density at radius 1 is 0.982 bits per heavy atom. The third-order valence-electron chi connectivity index (χ3n) is 11.2. The lowest BCUT2D eigenvalue weighted by Gasteiger charge is -2.36. The second-order valence-corrected chi connectivity index (χ2v) is 28.5. The number of ether oxygens (including phenoxy) is 1. The van der Waals surface area contributed by atoms with Gasteiger partial charge in [0.15, 0.2) is 19.9 Å². The zero-order chi connectivity index (χ0) is 40.4. The molecular weight excluding hydrogens is 741 g/mol. The van der Waals surface area contributed by atoms with Crippen molar-refractivity contribution in [2.24, 2.45) is 7.05 Å². The van der Waals surface area contributed by atoms with Crippen molar-refractivity contribution < 1.29 is 13.6 Å². The lowest BCUT2D eigenvalue weighted by Crippen LogP contribution is -2.43. The summed E-state index contributed by atoms with van der Waals surface area (Å²) in [7, 11) is 0.767. The van der Waals surface area contributed by atoms with Crippen molar-refractivity contribution in [2.45, 2.75) is 97.3 Å². The van der Waals surface area contributed by atoms with Gasteiger partial charge in [-0.1, -0.05) is 40.4 Å². The van der Waals surface area contributed by atoms with Crippen LogP contribution in [-0.4, -0.2) is 107 Å². The van der Waals surface area contributed by atoms with Gasteiger partial charge < -0.3 is 23.8 Å². The molecule has 0 spiro atoms. The number of furan rings is 1. The molecule has 1 unspecified atom stereocenters. The third kappa shape index (κ3) is 9.95. The molecule has 56 heavy (non-hydrogen) atoms. The van der Waals surface area contributed by atoms with E-state index in [1.807, 2.05) is 18.3 Å². The van der Waals surface area contributed by atoms with Crippen molar-refractivity contribution in [3.05, 3.63) is 59.0 Å². The van der Waals surface area contributed by atoms with Gasteiger partial charge in [-0.3, -0.25) is 23.7 Å². The molecule has 0 aromatic carbocycles. The fourth-order valence-corrected chi connectivity index (χ4v) is 8.16. The molecule has 1 N–H and O–H groups in total. The fraction of sp³-hybridized carbons (Fsp3) is 0.575. The summed E-state index contributed by atoms with van der Waals surface area (Å²) in [6.07, 6.45) is 6.04. The number of nitrogens with one attached hydrogen (secondary N) is 1. The summed E-state index contributed by atoms with van der Waals surface area (Å²) in [4.78, 5) is 32.0. The molecule has 304 valence electrons. The van der Waals surface area contributed by atoms with Gasteiger partial charge in [0.05, 0.1) is 18.1 Å². The SMILES string of the molecule is CC(CCO[Si](C)(C)C(C)(C)C)n1nc(-c2ccc(CN3CCN(C)CC3)o2)c2cnc(Nc3ccnc(-c4cn(COCC[Si](C)(C)C)n(C)c4=O)n3)cc21. The van der Waals surface area contributed by atoms with Gasteiger partial charge in [-0.2, -0.15) is 5.10 Å². The highest BCUT2D eigenvalue weighted by molar-refractivity contribution is 6.76. The number of anilines is 2. The van der Waals surface area contributed by atoms with E-state index in [4.69, 9.17) is 28.6 Å². The predicted molar refractivity (Wildman–Crippen MR) is 229 cm³/mol. The Kier molecular flexibility index (Phi) is 12.6. The number of hydrogen-bond acceptors (Lipinski definition) is 11. The summed E-state index contributed by atoms with van der Waals surface area (Å²) in [6.45, 7) is 27.0. The second kappa shape index (κ2) is 16.9. The molecule has 5 aromatic heterocycles. The number of pyridine rings is 1. The molecule has 0 amide bonds. The summed E-state index contributed by atoms with van der Waals surface area (Å²) in [5, 5.41) is 9.56. The lowest BCUT2D eigenvalue weighted by atomic mass is 10.2. The summed E-state index contributed by atoms with van der Waals surface area (Å²) in [6, 6.07) is 8.95. The van der Waals surface area contributed by atoms with E-state index in [9.17, 15) is 4.79 Å². The molecule has 5 aromatic rings. The van der Waals surface area contributed by atoms with Crippen LogP contribution in [0.25, 0.3) is 33.7 Å². The van der Waals surface area contributed by atoms with Gasteiger partial charge in [-0.25, -0.2) is 15.0 Å².